The molecule has 0 fully saturated rings. The van der Waals surface area contributed by atoms with Crippen LogP contribution in [0, 0.1) is 56.7 Å². The summed E-state index contributed by atoms with van der Waals surface area (Å²) in [6.07, 6.45) is 3.63. The van der Waals surface area contributed by atoms with Crippen molar-refractivity contribution in [3.63, 3.8) is 0 Å². The van der Waals surface area contributed by atoms with Crippen LogP contribution in [0.15, 0.2) is 69.9 Å². The molecule has 0 spiro atoms. The van der Waals surface area contributed by atoms with Crippen LogP contribution in [0.3, 0.4) is 0 Å². The van der Waals surface area contributed by atoms with E-state index in [2.05, 4.69) is 61.0 Å². The van der Waals surface area contributed by atoms with Gasteiger partial charge in [0, 0.05) is 5.92 Å². The molecule has 0 unspecified atom stereocenters. The van der Waals surface area contributed by atoms with Crippen molar-refractivity contribution in [3.05, 3.63) is 81.0 Å². The second kappa shape index (κ2) is 10.6. The van der Waals surface area contributed by atoms with Crippen molar-refractivity contribution in [3.8, 4) is 29.7 Å². The minimum absolute atomic E-state index is 0.0153. The van der Waals surface area contributed by atoms with E-state index >= 15 is 0 Å². The Morgan fingerprint density at radius 1 is 1.11 bits per heavy atom. The number of hydrogen-bond acceptors (Lipinski definition) is 6. The van der Waals surface area contributed by atoms with Gasteiger partial charge in [-0.15, -0.1) is 0 Å². The summed E-state index contributed by atoms with van der Waals surface area (Å²) in [4.78, 5) is 0. The minimum atomic E-state index is -1.70. The Bertz CT molecular complexity index is 1400. The first kappa shape index (κ1) is 27.3. The zero-order valence-corrected chi connectivity index (χ0v) is 23.7. The second-order valence-electron chi connectivity index (χ2n) is 11.0. The van der Waals surface area contributed by atoms with Crippen molar-refractivity contribution in [2.45, 2.75) is 46.1 Å². The van der Waals surface area contributed by atoms with Crippen molar-refractivity contribution in [2.24, 2.45) is 28.4 Å². The molecule has 7 heteroatoms. The predicted molar refractivity (Wildman–Crippen MR) is 148 cm³/mol. The molecule has 6 nitrogen and oxygen atoms in total. The van der Waals surface area contributed by atoms with E-state index in [1.54, 1.807) is 7.11 Å². The van der Waals surface area contributed by atoms with E-state index in [-0.39, 0.29) is 22.6 Å². The number of rotatable bonds is 5. The Hall–Kier alpha value is -3.73. The van der Waals surface area contributed by atoms with Crippen LogP contribution in [0.25, 0.3) is 0 Å². The summed E-state index contributed by atoms with van der Waals surface area (Å²) in [6.45, 7) is 6.95. The van der Waals surface area contributed by atoms with Gasteiger partial charge < -0.3 is 15.2 Å². The van der Waals surface area contributed by atoms with Gasteiger partial charge in [0.05, 0.1) is 35.0 Å². The lowest BCUT2D eigenvalue weighted by Crippen LogP contribution is -2.44. The smallest absolute Gasteiger partial charge is 0.191 e. The van der Waals surface area contributed by atoms with Gasteiger partial charge in [-0.1, -0.05) is 57.2 Å². The lowest BCUT2D eigenvalue weighted by molar-refractivity contribution is 0.170. The van der Waals surface area contributed by atoms with E-state index in [4.69, 9.17) is 15.2 Å². The summed E-state index contributed by atoms with van der Waals surface area (Å²) in [6, 6.07) is 20.2. The number of halogens is 1. The fourth-order valence-electron chi connectivity index (χ4n) is 5.76. The van der Waals surface area contributed by atoms with Gasteiger partial charge in [0.25, 0.3) is 0 Å². The number of methoxy groups -OCH3 is 1. The molecular formula is C31H31BrN4O2. The Morgan fingerprint density at radius 3 is 2.37 bits per heavy atom. The predicted octanol–water partition coefficient (Wildman–Crippen LogP) is 6.90. The molecular weight excluding hydrogens is 540 g/mol. The topological polar surface area (TPSA) is 116 Å². The highest BCUT2D eigenvalue weighted by molar-refractivity contribution is 9.10. The number of nitrogens with two attached hydrogens (primary N) is 1. The van der Waals surface area contributed by atoms with E-state index in [1.807, 2.05) is 42.5 Å². The number of ether oxygens (including phenoxy) is 2. The summed E-state index contributed by atoms with van der Waals surface area (Å²) in [5.74, 6) is 0.495. The zero-order valence-electron chi connectivity index (χ0n) is 22.1. The summed E-state index contributed by atoms with van der Waals surface area (Å²) < 4.78 is 12.5. The van der Waals surface area contributed by atoms with Crippen LogP contribution >= 0.6 is 15.9 Å². The van der Waals surface area contributed by atoms with Crippen molar-refractivity contribution in [2.75, 3.05) is 7.11 Å². The Kier molecular flexibility index (Phi) is 7.59. The van der Waals surface area contributed by atoms with Gasteiger partial charge in [-0.05, 0) is 74.9 Å². The number of benzene rings is 2. The number of nitrogens with zero attached hydrogens (tertiary/aromatic N) is 3. The van der Waals surface area contributed by atoms with E-state index < -0.39 is 11.3 Å². The quantitative estimate of drug-likeness (QED) is 0.417. The Morgan fingerprint density at radius 2 is 1.79 bits per heavy atom. The summed E-state index contributed by atoms with van der Waals surface area (Å²) >= 11 is 3.65. The molecule has 2 aliphatic rings. The molecule has 0 heterocycles. The molecule has 0 bridgehead atoms. The molecule has 0 radical (unpaired) electrons. The van der Waals surface area contributed by atoms with Crippen molar-refractivity contribution < 1.29 is 9.47 Å². The molecule has 2 aromatic rings. The van der Waals surface area contributed by atoms with E-state index in [0.717, 1.165) is 29.5 Å². The first-order chi connectivity index (χ1) is 18.1. The van der Waals surface area contributed by atoms with Gasteiger partial charge in [0.15, 0.2) is 16.9 Å². The molecule has 0 saturated carbocycles. The highest BCUT2D eigenvalue weighted by Crippen LogP contribution is 2.59. The first-order valence-electron chi connectivity index (χ1n) is 12.6. The monoisotopic (exact) mass is 570 g/mol. The maximum absolute atomic E-state index is 10.5. The van der Waals surface area contributed by atoms with E-state index in [9.17, 15) is 15.8 Å². The highest BCUT2D eigenvalue weighted by Gasteiger charge is 2.55. The third-order valence-corrected chi connectivity index (χ3v) is 8.53. The molecule has 0 aromatic heterocycles. The van der Waals surface area contributed by atoms with Crippen LogP contribution in [0.4, 0.5) is 0 Å². The molecule has 2 aliphatic carbocycles. The normalized spacial score (nSPS) is 22.3. The molecule has 0 saturated heterocycles. The molecule has 0 amide bonds. The molecule has 38 heavy (non-hydrogen) atoms. The number of nitriles is 3. The second-order valence-corrected chi connectivity index (χ2v) is 11.9. The summed E-state index contributed by atoms with van der Waals surface area (Å²) in [5, 5.41) is 30.9. The SMILES string of the molecule is COc1cc([C@H]2[C@@H]3C[C@@H](C(C)(C)C)CC=C3C(C#N)=C(N)C2(C#N)C#N)cc(Br)c1OCc1ccccc1. The fraction of sp³-hybridized carbons (Fsp3) is 0.387. The molecule has 194 valence electrons. The van der Waals surface area contributed by atoms with E-state index in [1.165, 1.54) is 0 Å². The van der Waals surface area contributed by atoms with Gasteiger partial charge in [-0.3, -0.25) is 0 Å². The van der Waals surface area contributed by atoms with Gasteiger partial charge in [-0.25, -0.2) is 0 Å². The maximum Gasteiger partial charge on any atom is 0.191 e. The zero-order chi connectivity index (χ0) is 27.7. The number of allylic oxidation sites excluding steroid dienone is 4. The average Bonchev–Trinajstić information content (AvgIpc) is 2.91. The van der Waals surface area contributed by atoms with Gasteiger partial charge >= 0.3 is 0 Å². The molecule has 0 aliphatic heterocycles. The molecule has 2 aromatic carbocycles. The molecule has 3 atom stereocenters. The molecule has 2 N–H and O–H groups in total. The standard InChI is InChI=1S/C31H31BrN4O2/c1-30(2,3)21-10-11-22-23(14-21)27(31(17-34,18-35)29(36)24(22)15-33)20-12-25(32)28(26(13-20)37-4)38-16-19-8-6-5-7-9-19/h5-9,11-13,21,23,27H,10,14,16,36H2,1-4H3/t21-,23+,27-/m0/s1. The number of fused-ring (bicyclic) bond motifs is 1. The minimum Gasteiger partial charge on any atom is -0.493 e. The largest absolute Gasteiger partial charge is 0.493 e. The molecule has 4 rings (SSSR count). The van der Waals surface area contributed by atoms with Crippen LogP contribution in [-0.4, -0.2) is 7.11 Å². The van der Waals surface area contributed by atoms with Gasteiger partial charge in [0.1, 0.15) is 12.7 Å². The van der Waals surface area contributed by atoms with Gasteiger partial charge in [0.2, 0.25) is 0 Å². The van der Waals surface area contributed by atoms with Crippen molar-refractivity contribution in [1.82, 2.24) is 0 Å². The number of hydrogen-bond donors (Lipinski definition) is 1. The summed E-state index contributed by atoms with van der Waals surface area (Å²) in [5.41, 5.74) is 7.66. The van der Waals surface area contributed by atoms with Crippen LogP contribution in [-0.2, 0) is 6.61 Å². The van der Waals surface area contributed by atoms with E-state index in [0.29, 0.717) is 28.5 Å². The average molecular weight is 572 g/mol. The highest BCUT2D eigenvalue weighted by atomic mass is 79.9. The van der Waals surface area contributed by atoms with Crippen LogP contribution in [0.1, 0.15) is 50.7 Å². The van der Waals surface area contributed by atoms with Crippen molar-refractivity contribution >= 4 is 15.9 Å². The lowest BCUT2D eigenvalue weighted by Gasteiger charge is -2.47. The maximum atomic E-state index is 10.5. The lowest BCUT2D eigenvalue weighted by atomic mass is 9.54. The summed E-state index contributed by atoms with van der Waals surface area (Å²) in [7, 11) is 1.56. The van der Waals surface area contributed by atoms with Gasteiger partial charge in [-0.2, -0.15) is 15.8 Å². The third kappa shape index (κ3) is 4.66. The third-order valence-electron chi connectivity index (χ3n) is 7.94. The Balaban J connectivity index is 1.87. The van der Waals surface area contributed by atoms with Crippen LogP contribution in [0.2, 0.25) is 0 Å². The fourth-order valence-corrected chi connectivity index (χ4v) is 6.34. The van der Waals surface area contributed by atoms with Crippen LogP contribution in [0.5, 0.6) is 11.5 Å². The van der Waals surface area contributed by atoms with Crippen molar-refractivity contribution in [1.29, 1.82) is 15.8 Å². The van der Waals surface area contributed by atoms with Crippen LogP contribution < -0.4 is 15.2 Å². The Labute approximate surface area is 233 Å². The first-order valence-corrected chi connectivity index (χ1v) is 13.4.